The van der Waals surface area contributed by atoms with E-state index in [4.69, 9.17) is 0 Å². The smallest absolute Gasteiger partial charge is 0.226 e. The van der Waals surface area contributed by atoms with Crippen molar-refractivity contribution in [3.8, 4) is 11.4 Å². The van der Waals surface area contributed by atoms with Gasteiger partial charge in [-0.25, -0.2) is 9.13 Å². The van der Waals surface area contributed by atoms with E-state index in [1.165, 1.54) is 33.5 Å². The maximum atomic E-state index is 2.32. The topological polar surface area (TPSA) is 8.81 Å². The molecule has 0 saturated heterocycles. The van der Waals surface area contributed by atoms with Crippen LogP contribution in [0.5, 0.6) is 0 Å². The Labute approximate surface area is 126 Å². The van der Waals surface area contributed by atoms with Gasteiger partial charge in [0.2, 0.25) is 0 Å². The summed E-state index contributed by atoms with van der Waals surface area (Å²) >= 11 is 0. The van der Waals surface area contributed by atoms with E-state index in [-0.39, 0.29) is 0 Å². The Morgan fingerprint density at radius 2 is 1.76 bits per heavy atom. The molecule has 108 valence electrons. The first-order valence-electron chi connectivity index (χ1n) is 7.55. The lowest BCUT2D eigenvalue weighted by atomic mass is 10.0. The number of hydrogen-bond acceptors (Lipinski definition) is 0. The number of fused-ring (bicyclic) bond motifs is 1. The van der Waals surface area contributed by atoms with Crippen molar-refractivity contribution in [2.75, 3.05) is 0 Å². The predicted molar refractivity (Wildman–Crippen MR) is 88.4 cm³/mol. The van der Waals surface area contributed by atoms with Gasteiger partial charge < -0.3 is 0 Å². The molecule has 21 heavy (non-hydrogen) atoms. The Morgan fingerprint density at radius 3 is 2.43 bits per heavy atom. The Balaban J connectivity index is 2.32. The molecule has 0 aliphatic carbocycles. The molecule has 1 aromatic heterocycles. The van der Waals surface area contributed by atoms with Crippen LogP contribution in [0.25, 0.3) is 22.4 Å². The number of hydrogen-bond donors (Lipinski definition) is 0. The highest BCUT2D eigenvalue weighted by Gasteiger charge is 2.23. The van der Waals surface area contributed by atoms with Gasteiger partial charge in [0.05, 0.1) is 19.7 Å². The van der Waals surface area contributed by atoms with E-state index in [0.717, 1.165) is 0 Å². The number of benzene rings is 2. The van der Waals surface area contributed by atoms with Crippen LogP contribution in [0.15, 0.2) is 42.5 Å². The van der Waals surface area contributed by atoms with E-state index in [9.17, 15) is 0 Å². The fourth-order valence-electron chi connectivity index (χ4n) is 3.09. The van der Waals surface area contributed by atoms with Crippen molar-refractivity contribution in [2.45, 2.75) is 26.7 Å². The number of imidazole rings is 1. The average molecular weight is 279 g/mol. The van der Waals surface area contributed by atoms with Crippen LogP contribution in [-0.2, 0) is 14.1 Å². The van der Waals surface area contributed by atoms with Crippen molar-refractivity contribution in [2.24, 2.45) is 14.1 Å². The summed E-state index contributed by atoms with van der Waals surface area (Å²) in [5.74, 6) is 1.81. The van der Waals surface area contributed by atoms with Crippen molar-refractivity contribution in [3.05, 3.63) is 53.6 Å². The number of aryl methyl sites for hydroxylation is 3. The molecule has 3 rings (SSSR count). The molecule has 2 aromatic carbocycles. The van der Waals surface area contributed by atoms with Gasteiger partial charge >= 0.3 is 0 Å². The lowest BCUT2D eigenvalue weighted by Crippen LogP contribution is -2.30. The molecule has 3 aromatic rings. The molecule has 2 heteroatoms. The molecule has 0 bridgehead atoms. The van der Waals surface area contributed by atoms with E-state index >= 15 is 0 Å². The molecule has 0 spiro atoms. The van der Waals surface area contributed by atoms with Gasteiger partial charge in [0.25, 0.3) is 5.82 Å². The van der Waals surface area contributed by atoms with Gasteiger partial charge in [-0.1, -0.05) is 38.1 Å². The summed E-state index contributed by atoms with van der Waals surface area (Å²) in [6, 6.07) is 15.4. The molecule has 0 amide bonds. The predicted octanol–water partition coefficient (Wildman–Crippen LogP) is 4.10. The Hall–Kier alpha value is -2.09. The Morgan fingerprint density at radius 1 is 1.05 bits per heavy atom. The first-order chi connectivity index (χ1) is 10.0. The summed E-state index contributed by atoms with van der Waals surface area (Å²) in [5.41, 5.74) is 6.56. The van der Waals surface area contributed by atoms with Gasteiger partial charge in [-0.2, -0.15) is 0 Å². The highest BCUT2D eigenvalue weighted by Crippen LogP contribution is 2.26. The van der Waals surface area contributed by atoms with E-state index in [1.54, 1.807) is 0 Å². The third kappa shape index (κ3) is 2.15. The minimum atomic E-state index is 0.552. The zero-order valence-electron chi connectivity index (χ0n) is 13.5. The van der Waals surface area contributed by atoms with Gasteiger partial charge in [0.1, 0.15) is 0 Å². The van der Waals surface area contributed by atoms with Gasteiger partial charge in [-0.3, -0.25) is 0 Å². The van der Waals surface area contributed by atoms with Crippen LogP contribution in [0.2, 0.25) is 0 Å². The second-order valence-corrected chi connectivity index (χ2v) is 6.16. The van der Waals surface area contributed by atoms with Gasteiger partial charge in [-0.15, -0.1) is 0 Å². The monoisotopic (exact) mass is 279 g/mol. The normalized spacial score (nSPS) is 11.5. The minimum absolute atomic E-state index is 0.552. The van der Waals surface area contributed by atoms with Gasteiger partial charge in [-0.05, 0) is 42.2 Å². The standard InChI is InChI=1S/C19H23N2/c1-13(2)15-10-11-17-18(12-15)21(5)19(20(17)4)16-9-7-6-8-14(16)3/h6-13H,1-5H3/q+1. The van der Waals surface area contributed by atoms with Crippen molar-refractivity contribution >= 4 is 11.0 Å². The lowest BCUT2D eigenvalue weighted by Gasteiger charge is -2.03. The Bertz CT molecular complexity index is 810. The first-order valence-corrected chi connectivity index (χ1v) is 7.55. The molecule has 0 radical (unpaired) electrons. The molecule has 0 atom stereocenters. The van der Waals surface area contributed by atoms with Crippen molar-refractivity contribution in [1.29, 1.82) is 0 Å². The third-order valence-corrected chi connectivity index (χ3v) is 4.41. The summed E-state index contributed by atoms with van der Waals surface area (Å²) in [4.78, 5) is 0. The minimum Gasteiger partial charge on any atom is -0.226 e. The van der Waals surface area contributed by atoms with Crippen molar-refractivity contribution in [3.63, 3.8) is 0 Å². The summed E-state index contributed by atoms with van der Waals surface area (Å²) < 4.78 is 4.60. The summed E-state index contributed by atoms with van der Waals surface area (Å²) in [5, 5.41) is 0. The molecule has 0 aliphatic rings. The zero-order chi connectivity index (χ0) is 15.1. The third-order valence-electron chi connectivity index (χ3n) is 4.41. The molecule has 0 saturated carbocycles. The molecule has 0 aliphatic heterocycles. The molecule has 0 N–H and O–H groups in total. The zero-order valence-corrected chi connectivity index (χ0v) is 13.5. The summed E-state index contributed by atoms with van der Waals surface area (Å²) in [7, 11) is 4.31. The van der Waals surface area contributed by atoms with Crippen LogP contribution >= 0.6 is 0 Å². The first kappa shape index (κ1) is 13.9. The van der Waals surface area contributed by atoms with E-state index in [2.05, 4.69) is 86.5 Å². The van der Waals surface area contributed by atoms with Crippen LogP contribution in [-0.4, -0.2) is 4.57 Å². The average Bonchev–Trinajstić information content (AvgIpc) is 2.71. The highest BCUT2D eigenvalue weighted by molar-refractivity contribution is 5.77. The number of rotatable bonds is 2. The maximum absolute atomic E-state index is 2.32. The van der Waals surface area contributed by atoms with Crippen LogP contribution in [0.3, 0.4) is 0 Å². The van der Waals surface area contributed by atoms with E-state index in [1.807, 2.05) is 0 Å². The fourth-order valence-corrected chi connectivity index (χ4v) is 3.09. The van der Waals surface area contributed by atoms with E-state index < -0.39 is 0 Å². The van der Waals surface area contributed by atoms with Gasteiger partial charge in [0, 0.05) is 0 Å². The molecule has 2 nitrogen and oxygen atoms in total. The van der Waals surface area contributed by atoms with Crippen molar-refractivity contribution in [1.82, 2.24) is 4.57 Å². The van der Waals surface area contributed by atoms with Crippen LogP contribution in [0.1, 0.15) is 30.9 Å². The second kappa shape index (κ2) is 5.03. The second-order valence-electron chi connectivity index (χ2n) is 6.16. The highest BCUT2D eigenvalue weighted by atomic mass is 15.1. The number of aromatic nitrogens is 2. The summed E-state index contributed by atoms with van der Waals surface area (Å²) in [6.07, 6.45) is 0. The molecular weight excluding hydrogens is 256 g/mol. The molecule has 0 fully saturated rings. The number of nitrogens with zero attached hydrogens (tertiary/aromatic N) is 2. The molecule has 0 unspecified atom stereocenters. The molecule has 1 heterocycles. The van der Waals surface area contributed by atoms with Crippen LogP contribution < -0.4 is 4.57 Å². The SMILES string of the molecule is Cc1ccccc1-c1n(C)c2cc(C(C)C)ccc2[n+]1C. The van der Waals surface area contributed by atoms with Crippen LogP contribution in [0.4, 0.5) is 0 Å². The Kier molecular flexibility index (Phi) is 3.32. The largest absolute Gasteiger partial charge is 0.289 e. The lowest BCUT2D eigenvalue weighted by molar-refractivity contribution is -0.634. The molecular formula is C19H23N2+. The van der Waals surface area contributed by atoms with E-state index in [0.29, 0.717) is 5.92 Å². The summed E-state index contributed by atoms with van der Waals surface area (Å²) in [6.45, 7) is 6.66. The van der Waals surface area contributed by atoms with Crippen molar-refractivity contribution < 1.29 is 4.57 Å². The van der Waals surface area contributed by atoms with Crippen LogP contribution in [0, 0.1) is 6.92 Å². The maximum Gasteiger partial charge on any atom is 0.289 e. The van der Waals surface area contributed by atoms with Gasteiger partial charge in [0.15, 0.2) is 11.0 Å². The fraction of sp³-hybridized carbons (Fsp3) is 0.316. The quantitative estimate of drug-likeness (QED) is 0.624.